The van der Waals surface area contributed by atoms with Gasteiger partial charge in [0.1, 0.15) is 12.7 Å². The fourth-order valence-corrected chi connectivity index (χ4v) is 1.81. The Morgan fingerprint density at radius 2 is 1.31 bits per heavy atom. The average molecular weight is 382 g/mol. The van der Waals surface area contributed by atoms with E-state index in [1.807, 2.05) is 0 Å². The normalized spacial score (nSPS) is 11.0. The van der Waals surface area contributed by atoms with Crippen LogP contribution in [0.15, 0.2) is 0 Å². The first-order valence-corrected chi connectivity index (χ1v) is 7.87. The van der Waals surface area contributed by atoms with Gasteiger partial charge in [-0.15, -0.1) is 0 Å². The molecule has 0 spiro atoms. The monoisotopic (exact) mass is 382 g/mol. The fourth-order valence-electron chi connectivity index (χ4n) is 1.81. The molecule has 12 heteroatoms. The Labute approximate surface area is 148 Å². The van der Waals surface area contributed by atoms with Crippen LogP contribution < -0.4 is 0 Å². The van der Waals surface area contributed by atoms with Gasteiger partial charge in [0.15, 0.2) is 0 Å². The number of unbranched alkanes of at least 4 members (excludes halogenated alkanes) is 5. The molecule has 0 aromatic carbocycles. The van der Waals surface area contributed by atoms with Crippen molar-refractivity contribution in [3.63, 3.8) is 0 Å². The van der Waals surface area contributed by atoms with Crippen molar-refractivity contribution in [1.29, 1.82) is 0 Å². The van der Waals surface area contributed by atoms with E-state index in [9.17, 15) is 19.2 Å². The molecule has 0 saturated carbocycles. The number of hydrogen-bond donors (Lipinski definition) is 2. The summed E-state index contributed by atoms with van der Waals surface area (Å²) in [6, 6.07) is 0. The molecule has 0 saturated heterocycles. The lowest BCUT2D eigenvalue weighted by Gasteiger charge is -2.16. The van der Waals surface area contributed by atoms with Crippen molar-refractivity contribution >= 4 is 24.6 Å². The molecule has 26 heavy (non-hydrogen) atoms. The second-order valence-electron chi connectivity index (χ2n) is 4.97. The summed E-state index contributed by atoms with van der Waals surface area (Å²) in [6.45, 7) is 1.60. The van der Waals surface area contributed by atoms with E-state index in [4.69, 9.17) is 14.9 Å². The van der Waals surface area contributed by atoms with Gasteiger partial charge in [0.05, 0.1) is 0 Å². The number of ether oxygens (including phenoxy) is 2. The zero-order chi connectivity index (χ0) is 19.8. The minimum atomic E-state index is -1.85. The first-order valence-electron chi connectivity index (χ1n) is 7.87. The Balaban J connectivity index is 4.29. The highest BCUT2D eigenvalue weighted by atomic mass is 17.3. The predicted octanol–water partition coefficient (Wildman–Crippen LogP) is 3.63. The second kappa shape index (κ2) is 14.4. The van der Waals surface area contributed by atoms with Crippen LogP contribution >= 0.6 is 0 Å². The summed E-state index contributed by atoms with van der Waals surface area (Å²) in [6.07, 6.45) is -1.60. The van der Waals surface area contributed by atoms with Crippen LogP contribution in [0.3, 0.4) is 0 Å². The van der Waals surface area contributed by atoms with Gasteiger partial charge in [0, 0.05) is 0 Å². The predicted molar refractivity (Wildman–Crippen MR) is 80.0 cm³/mol. The van der Waals surface area contributed by atoms with Crippen LogP contribution in [-0.2, 0) is 29.0 Å². The van der Waals surface area contributed by atoms with E-state index >= 15 is 0 Å². The Morgan fingerprint density at radius 3 is 1.88 bits per heavy atom. The molecule has 12 nitrogen and oxygen atoms in total. The summed E-state index contributed by atoms with van der Waals surface area (Å²) in [5.74, 6) is 0. The summed E-state index contributed by atoms with van der Waals surface area (Å²) in [7, 11) is 0. The zero-order valence-corrected chi connectivity index (χ0v) is 14.2. The second-order valence-corrected chi connectivity index (χ2v) is 4.97. The fraction of sp³-hybridized carbons (Fsp3) is 0.714. The molecule has 0 aliphatic carbocycles. The molecule has 0 rings (SSSR count). The van der Waals surface area contributed by atoms with Gasteiger partial charge < -0.3 is 19.7 Å². The first kappa shape index (κ1) is 23.1. The number of rotatable bonds is 10. The minimum Gasteiger partial charge on any atom is -0.447 e. The molecule has 150 valence electrons. The van der Waals surface area contributed by atoms with Gasteiger partial charge in [-0.25, -0.2) is 19.4 Å². The topological polar surface area (TPSA) is 164 Å². The maximum Gasteiger partial charge on any atom is 0.550 e. The smallest absolute Gasteiger partial charge is 0.447 e. The van der Waals surface area contributed by atoms with Crippen LogP contribution in [0.25, 0.3) is 0 Å². The molecule has 0 aliphatic rings. The van der Waals surface area contributed by atoms with Gasteiger partial charge in [-0.3, -0.25) is 0 Å². The highest BCUT2D eigenvalue weighted by Crippen LogP contribution is 2.12. The highest BCUT2D eigenvalue weighted by molar-refractivity contribution is 5.63. The van der Waals surface area contributed by atoms with Crippen LogP contribution in [0.1, 0.15) is 51.9 Å². The van der Waals surface area contributed by atoms with E-state index in [0.29, 0.717) is 6.42 Å². The standard InChI is InChI=1S/C14H22O12/c1-2-3-4-5-6-7-8-10(22-14(20)26-24-12(17)18)9-21-13(19)25-23-11(15)16/h10H,2-9H2,1H3,(H,15,16)(H,17,18). The third kappa shape index (κ3) is 14.7. The van der Waals surface area contributed by atoms with E-state index in [1.54, 1.807) is 0 Å². The molecular formula is C14H22O12. The third-order valence-corrected chi connectivity index (χ3v) is 2.89. The lowest BCUT2D eigenvalue weighted by atomic mass is 10.1. The van der Waals surface area contributed by atoms with E-state index in [0.717, 1.165) is 32.1 Å². The van der Waals surface area contributed by atoms with Crippen molar-refractivity contribution in [2.24, 2.45) is 0 Å². The Bertz CT molecular complexity index is 449. The van der Waals surface area contributed by atoms with E-state index in [1.165, 1.54) is 0 Å². The van der Waals surface area contributed by atoms with Gasteiger partial charge in [0.2, 0.25) is 0 Å². The zero-order valence-electron chi connectivity index (χ0n) is 14.2. The number of carbonyl (C=O) groups excluding carboxylic acids is 2. The highest BCUT2D eigenvalue weighted by Gasteiger charge is 2.21. The van der Waals surface area contributed by atoms with Crippen molar-refractivity contribution < 1.29 is 58.4 Å². The van der Waals surface area contributed by atoms with Crippen LogP contribution in [0.5, 0.6) is 0 Å². The van der Waals surface area contributed by atoms with Crippen LogP contribution in [0.4, 0.5) is 19.2 Å². The van der Waals surface area contributed by atoms with Crippen molar-refractivity contribution in [3.05, 3.63) is 0 Å². The Kier molecular flexibility index (Phi) is 12.8. The molecule has 0 aromatic heterocycles. The lowest BCUT2D eigenvalue weighted by Crippen LogP contribution is -2.26. The van der Waals surface area contributed by atoms with E-state index < -0.39 is 37.3 Å². The lowest BCUT2D eigenvalue weighted by molar-refractivity contribution is -0.223. The molecular weight excluding hydrogens is 360 g/mol. The Hall–Kier alpha value is -2.92. The maximum atomic E-state index is 11.3. The van der Waals surface area contributed by atoms with Crippen molar-refractivity contribution in [2.45, 2.75) is 58.0 Å². The van der Waals surface area contributed by atoms with E-state index in [2.05, 4.69) is 31.2 Å². The van der Waals surface area contributed by atoms with Crippen LogP contribution in [0.2, 0.25) is 0 Å². The SMILES string of the molecule is CCCCCCCCC(COC(=O)OOC(=O)O)OC(=O)OOC(=O)O. The molecule has 0 aromatic rings. The summed E-state index contributed by atoms with van der Waals surface area (Å²) in [5.41, 5.74) is 0. The molecule has 0 amide bonds. The van der Waals surface area contributed by atoms with Gasteiger partial charge >= 0.3 is 24.6 Å². The third-order valence-electron chi connectivity index (χ3n) is 2.89. The summed E-state index contributed by atoms with van der Waals surface area (Å²) in [4.78, 5) is 57.3. The molecule has 0 bridgehead atoms. The van der Waals surface area contributed by atoms with Crippen LogP contribution in [-0.4, -0.2) is 47.5 Å². The number of carbonyl (C=O) groups is 4. The molecule has 0 fully saturated rings. The van der Waals surface area contributed by atoms with Crippen molar-refractivity contribution in [2.75, 3.05) is 6.61 Å². The number of carboxylic acid groups (broad SMARTS) is 2. The summed E-state index contributed by atoms with van der Waals surface area (Å²) in [5, 5.41) is 16.4. The maximum absolute atomic E-state index is 11.3. The molecule has 1 unspecified atom stereocenters. The molecule has 0 heterocycles. The van der Waals surface area contributed by atoms with E-state index in [-0.39, 0.29) is 6.42 Å². The van der Waals surface area contributed by atoms with Gasteiger partial charge in [-0.1, -0.05) is 39.0 Å². The average Bonchev–Trinajstić information content (AvgIpc) is 2.58. The van der Waals surface area contributed by atoms with Crippen LogP contribution in [0, 0.1) is 0 Å². The molecule has 2 N–H and O–H groups in total. The summed E-state index contributed by atoms with van der Waals surface area (Å²) < 4.78 is 9.30. The quantitative estimate of drug-likeness (QED) is 0.244. The van der Waals surface area contributed by atoms with Gasteiger partial charge in [-0.05, 0) is 12.8 Å². The summed E-state index contributed by atoms with van der Waals surface area (Å²) >= 11 is 0. The molecule has 0 aliphatic heterocycles. The van der Waals surface area contributed by atoms with Crippen molar-refractivity contribution in [1.82, 2.24) is 0 Å². The Morgan fingerprint density at radius 1 is 0.769 bits per heavy atom. The molecule has 0 radical (unpaired) electrons. The molecule has 1 atom stereocenters. The number of hydrogen-bond acceptors (Lipinski definition) is 10. The minimum absolute atomic E-state index is 0.279. The van der Waals surface area contributed by atoms with Gasteiger partial charge in [-0.2, -0.15) is 19.4 Å². The largest absolute Gasteiger partial charge is 0.550 e. The van der Waals surface area contributed by atoms with Gasteiger partial charge in [0.25, 0.3) is 0 Å². The first-order chi connectivity index (χ1) is 12.3. The van der Waals surface area contributed by atoms with Crippen molar-refractivity contribution in [3.8, 4) is 0 Å².